The number of aliphatic carboxylic acids is 1. The fraction of sp³-hybridized carbons (Fsp3) is 0.500. The lowest BCUT2D eigenvalue weighted by Gasteiger charge is -2.29. The molecule has 0 bridgehead atoms. The van der Waals surface area contributed by atoms with Crippen molar-refractivity contribution < 1.29 is 19.4 Å². The van der Waals surface area contributed by atoms with Gasteiger partial charge in [0, 0.05) is 0 Å². The average molecular weight is 465 g/mol. The SMILES string of the molecule is CC(C)c1ccc(CN2C(=O)[C@@H](N[C@@H](CC3CCCCC3)C(=O)O)COc3ccccc32)cc1. The first-order valence-electron chi connectivity index (χ1n) is 12.5. The lowest BCUT2D eigenvalue weighted by molar-refractivity contribution is -0.140. The predicted molar refractivity (Wildman–Crippen MR) is 133 cm³/mol. The van der Waals surface area contributed by atoms with Crippen molar-refractivity contribution in [2.75, 3.05) is 11.5 Å². The summed E-state index contributed by atoms with van der Waals surface area (Å²) in [5.74, 6) is 0.396. The molecule has 2 aromatic carbocycles. The second-order valence-corrected chi connectivity index (χ2v) is 9.95. The van der Waals surface area contributed by atoms with Gasteiger partial charge in [-0.2, -0.15) is 0 Å². The van der Waals surface area contributed by atoms with Gasteiger partial charge in [0.25, 0.3) is 0 Å². The summed E-state index contributed by atoms with van der Waals surface area (Å²) in [7, 11) is 0. The molecule has 0 spiro atoms. The van der Waals surface area contributed by atoms with Gasteiger partial charge in [-0.1, -0.05) is 82.3 Å². The average Bonchev–Trinajstić information content (AvgIpc) is 2.97. The first-order chi connectivity index (χ1) is 16.4. The van der Waals surface area contributed by atoms with Gasteiger partial charge in [-0.15, -0.1) is 0 Å². The van der Waals surface area contributed by atoms with E-state index in [-0.39, 0.29) is 12.5 Å². The number of benzene rings is 2. The molecule has 1 fully saturated rings. The number of carbonyl (C=O) groups is 2. The summed E-state index contributed by atoms with van der Waals surface area (Å²) in [6.45, 7) is 4.82. The molecule has 1 amide bonds. The van der Waals surface area contributed by atoms with Crippen LogP contribution in [-0.4, -0.2) is 35.7 Å². The summed E-state index contributed by atoms with van der Waals surface area (Å²) in [6, 6.07) is 14.3. The van der Waals surface area contributed by atoms with Crippen LogP contribution in [-0.2, 0) is 16.1 Å². The number of nitrogens with one attached hydrogen (secondary N) is 1. The number of anilines is 1. The topological polar surface area (TPSA) is 78.9 Å². The summed E-state index contributed by atoms with van der Waals surface area (Å²) in [5, 5.41) is 13.1. The van der Waals surface area contributed by atoms with Crippen LogP contribution < -0.4 is 15.0 Å². The molecule has 2 N–H and O–H groups in total. The zero-order chi connectivity index (χ0) is 24.1. The maximum absolute atomic E-state index is 13.7. The van der Waals surface area contributed by atoms with Crippen molar-refractivity contribution in [3.63, 3.8) is 0 Å². The minimum atomic E-state index is -0.907. The Bertz CT molecular complexity index is 982. The van der Waals surface area contributed by atoms with Crippen LogP contribution in [0.25, 0.3) is 0 Å². The minimum absolute atomic E-state index is 0.104. The normalized spacial score (nSPS) is 19.9. The number of hydrogen-bond donors (Lipinski definition) is 2. The van der Waals surface area contributed by atoms with E-state index in [0.717, 1.165) is 31.2 Å². The Labute approximate surface area is 202 Å². The Kier molecular flexibility index (Phi) is 7.88. The zero-order valence-corrected chi connectivity index (χ0v) is 20.2. The number of ether oxygens (including phenoxy) is 1. The Balaban J connectivity index is 1.55. The number of nitrogens with zero attached hydrogens (tertiary/aromatic N) is 1. The number of carboxylic acid groups (broad SMARTS) is 1. The number of rotatable bonds is 8. The summed E-state index contributed by atoms with van der Waals surface area (Å²) in [6.07, 6.45) is 6.20. The van der Waals surface area contributed by atoms with Crippen molar-refractivity contribution in [1.29, 1.82) is 0 Å². The van der Waals surface area contributed by atoms with Crippen LogP contribution in [0.3, 0.4) is 0 Å². The Morgan fingerprint density at radius 3 is 2.47 bits per heavy atom. The molecule has 6 nitrogen and oxygen atoms in total. The third-order valence-electron chi connectivity index (χ3n) is 7.11. The molecule has 1 heterocycles. The molecule has 2 atom stereocenters. The van der Waals surface area contributed by atoms with Gasteiger partial charge < -0.3 is 14.7 Å². The highest BCUT2D eigenvalue weighted by molar-refractivity contribution is 5.99. The second kappa shape index (κ2) is 11.0. The number of fused-ring (bicyclic) bond motifs is 1. The lowest BCUT2D eigenvalue weighted by atomic mass is 9.84. The van der Waals surface area contributed by atoms with E-state index in [9.17, 15) is 14.7 Å². The summed E-state index contributed by atoms with van der Waals surface area (Å²) in [4.78, 5) is 27.5. The molecule has 6 heteroatoms. The van der Waals surface area contributed by atoms with E-state index in [4.69, 9.17) is 4.74 Å². The van der Waals surface area contributed by atoms with E-state index in [1.807, 2.05) is 24.3 Å². The van der Waals surface area contributed by atoms with Crippen molar-refractivity contribution in [2.24, 2.45) is 5.92 Å². The fourth-order valence-electron chi connectivity index (χ4n) is 5.07. The standard InChI is InChI=1S/C28H36N2O4/c1-19(2)22-14-12-21(13-15-22)17-30-25-10-6-7-11-26(25)34-18-24(27(30)31)29-23(28(32)33)16-20-8-4-3-5-9-20/h6-7,10-15,19-20,23-24,29H,3-5,8-9,16-18H2,1-2H3,(H,32,33)/t23-,24-/m0/s1. The van der Waals surface area contributed by atoms with E-state index in [1.165, 1.54) is 12.0 Å². The number of amides is 1. The summed E-state index contributed by atoms with van der Waals surface area (Å²) < 4.78 is 6.00. The first kappa shape index (κ1) is 24.3. The highest BCUT2D eigenvalue weighted by atomic mass is 16.5. The molecule has 1 saturated carbocycles. The van der Waals surface area contributed by atoms with E-state index in [0.29, 0.717) is 36.2 Å². The minimum Gasteiger partial charge on any atom is -0.489 e. The van der Waals surface area contributed by atoms with Crippen molar-refractivity contribution in [3.8, 4) is 5.75 Å². The van der Waals surface area contributed by atoms with Gasteiger partial charge in [0.15, 0.2) is 0 Å². The van der Waals surface area contributed by atoms with Crippen molar-refractivity contribution in [1.82, 2.24) is 5.32 Å². The highest BCUT2D eigenvalue weighted by Crippen LogP contribution is 2.33. The lowest BCUT2D eigenvalue weighted by Crippen LogP contribution is -2.54. The molecule has 34 heavy (non-hydrogen) atoms. The van der Waals surface area contributed by atoms with Crippen LogP contribution in [0.4, 0.5) is 5.69 Å². The van der Waals surface area contributed by atoms with E-state index in [1.54, 1.807) is 4.90 Å². The third kappa shape index (κ3) is 5.79. The molecule has 0 unspecified atom stereocenters. The number of carboxylic acids is 1. The quantitative estimate of drug-likeness (QED) is 0.567. The molecule has 0 radical (unpaired) electrons. The van der Waals surface area contributed by atoms with E-state index < -0.39 is 18.1 Å². The number of hydrogen-bond acceptors (Lipinski definition) is 4. The van der Waals surface area contributed by atoms with Gasteiger partial charge >= 0.3 is 5.97 Å². The van der Waals surface area contributed by atoms with Crippen molar-refractivity contribution in [2.45, 2.75) is 76.9 Å². The van der Waals surface area contributed by atoms with Crippen LogP contribution in [0.2, 0.25) is 0 Å². The molecule has 182 valence electrons. The molecular formula is C28H36N2O4. The third-order valence-corrected chi connectivity index (χ3v) is 7.11. The van der Waals surface area contributed by atoms with Gasteiger partial charge in [0.2, 0.25) is 5.91 Å². The van der Waals surface area contributed by atoms with Gasteiger partial charge in [-0.05, 0) is 41.5 Å². The summed E-state index contributed by atoms with van der Waals surface area (Å²) >= 11 is 0. The van der Waals surface area contributed by atoms with E-state index in [2.05, 4.69) is 43.4 Å². The molecular weight excluding hydrogens is 428 g/mol. The number of carbonyl (C=O) groups excluding carboxylic acids is 1. The van der Waals surface area contributed by atoms with Crippen molar-refractivity contribution >= 4 is 17.6 Å². The predicted octanol–water partition coefficient (Wildman–Crippen LogP) is 5.12. The number of para-hydroxylation sites is 2. The fourth-order valence-corrected chi connectivity index (χ4v) is 5.07. The van der Waals surface area contributed by atoms with Crippen LogP contribution in [0.1, 0.15) is 69.4 Å². The highest BCUT2D eigenvalue weighted by Gasteiger charge is 2.35. The molecule has 2 aromatic rings. The van der Waals surface area contributed by atoms with Crippen molar-refractivity contribution in [3.05, 3.63) is 59.7 Å². The summed E-state index contributed by atoms with van der Waals surface area (Å²) in [5.41, 5.74) is 2.98. The van der Waals surface area contributed by atoms with Crippen LogP contribution in [0.15, 0.2) is 48.5 Å². The Morgan fingerprint density at radius 1 is 1.09 bits per heavy atom. The van der Waals surface area contributed by atoms with Gasteiger partial charge in [-0.3, -0.25) is 14.9 Å². The van der Waals surface area contributed by atoms with Crippen LogP contribution >= 0.6 is 0 Å². The van der Waals surface area contributed by atoms with E-state index >= 15 is 0 Å². The largest absolute Gasteiger partial charge is 0.489 e. The monoisotopic (exact) mass is 464 g/mol. The maximum Gasteiger partial charge on any atom is 0.320 e. The van der Waals surface area contributed by atoms with Crippen LogP contribution in [0.5, 0.6) is 5.75 Å². The zero-order valence-electron chi connectivity index (χ0n) is 20.2. The second-order valence-electron chi connectivity index (χ2n) is 9.95. The van der Waals surface area contributed by atoms with Gasteiger partial charge in [-0.25, -0.2) is 0 Å². The maximum atomic E-state index is 13.7. The first-order valence-corrected chi connectivity index (χ1v) is 12.5. The molecule has 0 saturated heterocycles. The molecule has 1 aliphatic heterocycles. The molecule has 1 aliphatic carbocycles. The van der Waals surface area contributed by atoms with Gasteiger partial charge in [0.05, 0.1) is 12.2 Å². The smallest absolute Gasteiger partial charge is 0.320 e. The molecule has 4 rings (SSSR count). The molecule has 2 aliphatic rings. The van der Waals surface area contributed by atoms with Crippen LogP contribution in [0, 0.1) is 5.92 Å². The Morgan fingerprint density at radius 2 is 1.79 bits per heavy atom. The Hall–Kier alpha value is -2.86. The van der Waals surface area contributed by atoms with Gasteiger partial charge in [0.1, 0.15) is 24.4 Å². The molecule has 0 aromatic heterocycles.